The molecule has 2 saturated heterocycles. The lowest BCUT2D eigenvalue weighted by Crippen LogP contribution is -2.51. The molecule has 1 aromatic rings. The van der Waals surface area contributed by atoms with Crippen LogP contribution in [0.15, 0.2) is 36.4 Å². The smallest absolute Gasteiger partial charge is 0.242 e. The third-order valence-corrected chi connectivity index (χ3v) is 8.44. The number of amides is 4. The number of carbonyl (C=O) groups is 4. The molecule has 0 aliphatic carbocycles. The van der Waals surface area contributed by atoms with Crippen LogP contribution in [-0.4, -0.2) is 96.2 Å². The van der Waals surface area contributed by atoms with Crippen LogP contribution in [0.4, 0.5) is 0 Å². The molecule has 4 rings (SSSR count). The van der Waals surface area contributed by atoms with Crippen molar-refractivity contribution < 1.29 is 23.9 Å². The zero-order valence-corrected chi connectivity index (χ0v) is 23.3. The third kappa shape index (κ3) is 7.19. The maximum atomic E-state index is 13.6. The number of fused-ring (bicyclic) bond motifs is 3. The summed E-state index contributed by atoms with van der Waals surface area (Å²) in [5.41, 5.74) is 0.883. The molecule has 9 heteroatoms. The molecule has 1 aromatic carbocycles. The molecule has 0 spiro atoms. The highest BCUT2D eigenvalue weighted by atomic mass is 16.5. The van der Waals surface area contributed by atoms with Crippen LogP contribution < -0.4 is 4.74 Å². The summed E-state index contributed by atoms with van der Waals surface area (Å²) < 4.78 is 6.11. The largest absolute Gasteiger partial charge is 0.489 e. The molecule has 2 bridgehead atoms. The van der Waals surface area contributed by atoms with Gasteiger partial charge in [0.1, 0.15) is 18.9 Å². The number of hydrogen-bond acceptors (Lipinski definition) is 5. The van der Waals surface area contributed by atoms with Crippen LogP contribution in [0.3, 0.4) is 0 Å². The number of carbonyl (C=O) groups excluding carboxylic acids is 4. The number of piperazine rings is 1. The van der Waals surface area contributed by atoms with E-state index in [9.17, 15) is 19.2 Å². The number of nitrogens with zero attached hydrogens (tertiary/aromatic N) is 4. The quantitative estimate of drug-likeness (QED) is 0.410. The van der Waals surface area contributed by atoms with Crippen LogP contribution in [0.1, 0.15) is 45.1 Å². The Labute approximate surface area is 231 Å². The number of piperidine rings is 1. The van der Waals surface area contributed by atoms with E-state index in [1.165, 1.54) is 0 Å². The van der Waals surface area contributed by atoms with Crippen LogP contribution >= 0.6 is 0 Å². The molecule has 0 N–H and O–H groups in total. The topological polar surface area (TPSA) is 90.5 Å². The second-order valence-electron chi connectivity index (χ2n) is 10.8. The molecule has 9 nitrogen and oxygen atoms in total. The minimum Gasteiger partial charge on any atom is -0.489 e. The van der Waals surface area contributed by atoms with Gasteiger partial charge in [-0.15, -0.1) is 0 Å². The van der Waals surface area contributed by atoms with Crippen molar-refractivity contribution in [1.82, 2.24) is 19.6 Å². The van der Waals surface area contributed by atoms with Gasteiger partial charge in [0.2, 0.25) is 24.1 Å². The van der Waals surface area contributed by atoms with Gasteiger partial charge in [-0.2, -0.15) is 0 Å². The van der Waals surface area contributed by atoms with Crippen molar-refractivity contribution in [2.24, 2.45) is 17.8 Å². The second-order valence-corrected chi connectivity index (χ2v) is 10.8. The molecule has 39 heavy (non-hydrogen) atoms. The van der Waals surface area contributed by atoms with E-state index < -0.39 is 0 Å². The summed E-state index contributed by atoms with van der Waals surface area (Å²) in [6.07, 6.45) is 7.52. The fraction of sp³-hybridized carbons (Fsp3) is 0.600. The summed E-state index contributed by atoms with van der Waals surface area (Å²) in [4.78, 5) is 58.3. The highest BCUT2D eigenvalue weighted by molar-refractivity contribution is 5.86. The molecule has 2 fully saturated rings. The molecule has 0 unspecified atom stereocenters. The number of hydrogen-bond donors (Lipinski definition) is 0. The minimum absolute atomic E-state index is 0.00265. The van der Waals surface area contributed by atoms with Gasteiger partial charge < -0.3 is 24.3 Å². The predicted molar refractivity (Wildman–Crippen MR) is 148 cm³/mol. The third-order valence-electron chi connectivity index (χ3n) is 8.44. The number of rotatable bonds is 6. The van der Waals surface area contributed by atoms with Crippen molar-refractivity contribution in [3.05, 3.63) is 42.0 Å². The Morgan fingerprint density at radius 3 is 2.49 bits per heavy atom. The van der Waals surface area contributed by atoms with E-state index in [0.717, 1.165) is 31.2 Å². The van der Waals surface area contributed by atoms with Gasteiger partial charge in [0.05, 0.1) is 0 Å². The van der Waals surface area contributed by atoms with Gasteiger partial charge in [0, 0.05) is 63.7 Å². The van der Waals surface area contributed by atoms with Crippen LogP contribution in [0, 0.1) is 17.8 Å². The molecule has 0 saturated carbocycles. The maximum Gasteiger partial charge on any atom is 0.242 e. The Hall–Kier alpha value is -3.36. The van der Waals surface area contributed by atoms with Gasteiger partial charge in [0.15, 0.2) is 0 Å². The lowest BCUT2D eigenvalue weighted by Gasteiger charge is -2.39. The highest BCUT2D eigenvalue weighted by Crippen LogP contribution is 2.30. The normalized spacial score (nSPS) is 23.2. The van der Waals surface area contributed by atoms with Gasteiger partial charge in [-0.05, 0) is 37.2 Å². The lowest BCUT2D eigenvalue weighted by molar-refractivity contribution is -0.145. The average Bonchev–Trinajstić information content (AvgIpc) is 2.97. The molecule has 0 radical (unpaired) electrons. The monoisotopic (exact) mass is 538 g/mol. The first kappa shape index (κ1) is 28.6. The lowest BCUT2D eigenvalue weighted by atomic mass is 9.82. The molecule has 3 aliphatic heterocycles. The van der Waals surface area contributed by atoms with Gasteiger partial charge >= 0.3 is 0 Å². The van der Waals surface area contributed by atoms with Crippen molar-refractivity contribution in [2.45, 2.75) is 46.1 Å². The first-order valence-electron chi connectivity index (χ1n) is 14.3. The Morgan fingerprint density at radius 1 is 1.03 bits per heavy atom. The summed E-state index contributed by atoms with van der Waals surface area (Å²) in [5, 5.41) is 0. The van der Waals surface area contributed by atoms with E-state index in [1.54, 1.807) is 9.80 Å². The Bertz CT molecular complexity index is 1050. The van der Waals surface area contributed by atoms with Crippen molar-refractivity contribution >= 4 is 24.1 Å². The zero-order chi connectivity index (χ0) is 27.8. The molecule has 4 amide bonds. The van der Waals surface area contributed by atoms with Crippen LogP contribution in [0.5, 0.6) is 5.75 Å². The van der Waals surface area contributed by atoms with E-state index >= 15 is 0 Å². The number of benzene rings is 1. The summed E-state index contributed by atoms with van der Waals surface area (Å²) in [6, 6.07) is 7.69. The zero-order valence-electron chi connectivity index (χ0n) is 23.3. The van der Waals surface area contributed by atoms with E-state index in [2.05, 4.69) is 6.08 Å². The van der Waals surface area contributed by atoms with Crippen molar-refractivity contribution in [3.8, 4) is 5.75 Å². The van der Waals surface area contributed by atoms with E-state index in [4.69, 9.17) is 4.74 Å². The van der Waals surface area contributed by atoms with Gasteiger partial charge in [0.25, 0.3) is 0 Å². The Morgan fingerprint density at radius 2 is 1.77 bits per heavy atom. The molecular weight excluding hydrogens is 496 g/mol. The van der Waals surface area contributed by atoms with Crippen LogP contribution in [0.2, 0.25) is 0 Å². The number of ether oxygens (including phenoxy) is 1. The minimum atomic E-state index is -0.124. The van der Waals surface area contributed by atoms with E-state index in [-0.39, 0.29) is 42.0 Å². The molecule has 212 valence electrons. The van der Waals surface area contributed by atoms with Crippen LogP contribution in [-0.2, 0) is 25.7 Å². The molecular formula is C30H42N4O5. The van der Waals surface area contributed by atoms with Gasteiger partial charge in [-0.3, -0.25) is 19.2 Å². The van der Waals surface area contributed by atoms with Gasteiger partial charge in [-0.25, -0.2) is 0 Å². The summed E-state index contributed by atoms with van der Waals surface area (Å²) in [6.45, 7) is 8.09. The first-order valence-corrected chi connectivity index (χ1v) is 14.3. The molecule has 3 heterocycles. The summed E-state index contributed by atoms with van der Waals surface area (Å²) in [5.74, 6) is 0.769. The molecule has 2 atom stereocenters. The Balaban J connectivity index is 1.52. The second kappa shape index (κ2) is 13.6. The fourth-order valence-corrected chi connectivity index (χ4v) is 5.88. The maximum absolute atomic E-state index is 13.6. The first-order chi connectivity index (χ1) is 18.9. The van der Waals surface area contributed by atoms with E-state index in [0.29, 0.717) is 64.6 Å². The summed E-state index contributed by atoms with van der Waals surface area (Å²) >= 11 is 0. The van der Waals surface area contributed by atoms with E-state index in [1.807, 2.05) is 54.0 Å². The highest BCUT2D eigenvalue weighted by Gasteiger charge is 2.34. The standard InChI is InChI=1S/C30H42N4O5/c1-3-23(4-2)30(38)34-20-26-8-5-6-10-27(26)39-17-7-9-25-19-33(29(37)21-34)12-11-24(25)18-28(36)32-15-13-31(22-35)14-16-32/h5-10,22-25H,3-4,11-21H2,1-2H3/b9-7+/t24-,25-/m0/s1. The molecule has 0 aromatic heterocycles. The van der Waals surface area contributed by atoms with Crippen LogP contribution in [0.25, 0.3) is 0 Å². The number of para-hydroxylation sites is 1. The summed E-state index contributed by atoms with van der Waals surface area (Å²) in [7, 11) is 0. The predicted octanol–water partition coefficient (Wildman–Crippen LogP) is 2.56. The SMILES string of the molecule is CCC(CC)C(=O)N1CC(=O)N2CC[C@@H](CC(=O)N3CCN(C=O)CC3)[C@@H](/C=C/COc3ccccc3C1)C2. The fourth-order valence-electron chi connectivity index (χ4n) is 5.88. The van der Waals surface area contributed by atoms with Gasteiger partial charge in [-0.1, -0.05) is 44.2 Å². The van der Waals surface area contributed by atoms with Crippen molar-refractivity contribution in [3.63, 3.8) is 0 Å². The average molecular weight is 539 g/mol. The van der Waals surface area contributed by atoms with Crippen molar-refractivity contribution in [2.75, 3.05) is 52.4 Å². The van der Waals surface area contributed by atoms with Crippen molar-refractivity contribution in [1.29, 1.82) is 0 Å². The Kier molecular flexibility index (Phi) is 10.0. The molecule has 3 aliphatic rings.